The van der Waals surface area contributed by atoms with Gasteiger partial charge >= 0.3 is 0 Å². The lowest BCUT2D eigenvalue weighted by Crippen LogP contribution is -1.94. The highest BCUT2D eigenvalue weighted by atomic mass is 15.3. The molecule has 0 spiro atoms. The molecule has 0 unspecified atom stereocenters. The first-order chi connectivity index (χ1) is 9.20. The van der Waals surface area contributed by atoms with Crippen LogP contribution >= 0.6 is 0 Å². The lowest BCUT2D eigenvalue weighted by Gasteiger charge is -1.99. The molecule has 0 atom stereocenters. The molecule has 0 bridgehead atoms. The Morgan fingerprint density at radius 2 is 1.63 bits per heavy atom. The van der Waals surface area contributed by atoms with E-state index in [-0.39, 0.29) is 0 Å². The minimum Gasteiger partial charge on any atom is -0.221 e. The molecular formula is C16H17N3. The van der Waals surface area contributed by atoms with Crippen LogP contribution in [0.4, 0.5) is 0 Å². The van der Waals surface area contributed by atoms with E-state index in [0.717, 1.165) is 24.3 Å². The summed E-state index contributed by atoms with van der Waals surface area (Å²) < 4.78 is 1.86. The average molecular weight is 251 g/mol. The SMILES string of the molecule is Cc1ccc(CCc2nc3ccc(C)cn3n2)cc1. The Labute approximate surface area is 112 Å². The van der Waals surface area contributed by atoms with Crippen molar-refractivity contribution in [3.63, 3.8) is 0 Å². The largest absolute Gasteiger partial charge is 0.221 e. The molecule has 3 heteroatoms. The van der Waals surface area contributed by atoms with Gasteiger partial charge in [0.2, 0.25) is 0 Å². The predicted octanol–water partition coefficient (Wildman–Crippen LogP) is 3.13. The predicted molar refractivity (Wildman–Crippen MR) is 76.3 cm³/mol. The molecule has 3 nitrogen and oxygen atoms in total. The van der Waals surface area contributed by atoms with Crippen LogP contribution in [0.3, 0.4) is 0 Å². The molecule has 0 aliphatic heterocycles. The van der Waals surface area contributed by atoms with Crippen molar-refractivity contribution < 1.29 is 0 Å². The van der Waals surface area contributed by atoms with Gasteiger partial charge in [0.25, 0.3) is 0 Å². The Hall–Kier alpha value is -2.16. The normalized spacial score (nSPS) is 11.1. The van der Waals surface area contributed by atoms with Crippen LogP contribution < -0.4 is 0 Å². The topological polar surface area (TPSA) is 30.2 Å². The minimum absolute atomic E-state index is 0.879. The van der Waals surface area contributed by atoms with E-state index in [0.29, 0.717) is 0 Å². The Bertz CT molecular complexity index is 696. The second-order valence-corrected chi connectivity index (χ2v) is 5.02. The number of nitrogens with zero attached hydrogens (tertiary/aromatic N) is 3. The first-order valence-electron chi connectivity index (χ1n) is 6.58. The van der Waals surface area contributed by atoms with Crippen LogP contribution in [0.5, 0.6) is 0 Å². The second-order valence-electron chi connectivity index (χ2n) is 5.02. The second kappa shape index (κ2) is 4.84. The molecule has 0 aliphatic carbocycles. The number of rotatable bonds is 3. The zero-order chi connectivity index (χ0) is 13.2. The maximum atomic E-state index is 4.54. The summed E-state index contributed by atoms with van der Waals surface area (Å²) in [6, 6.07) is 12.7. The Balaban J connectivity index is 1.76. The zero-order valence-electron chi connectivity index (χ0n) is 11.3. The van der Waals surface area contributed by atoms with Gasteiger partial charge in [-0.15, -0.1) is 0 Å². The maximum Gasteiger partial charge on any atom is 0.155 e. The molecule has 96 valence electrons. The number of benzene rings is 1. The lowest BCUT2D eigenvalue weighted by atomic mass is 10.1. The standard InChI is InChI=1S/C16H17N3/c1-12-3-6-14(7-4-12)8-9-15-17-16-10-5-13(2)11-19(16)18-15/h3-7,10-11H,8-9H2,1-2H3. The number of hydrogen-bond acceptors (Lipinski definition) is 2. The highest BCUT2D eigenvalue weighted by Gasteiger charge is 2.04. The van der Waals surface area contributed by atoms with Gasteiger partial charge in [-0.1, -0.05) is 35.9 Å². The van der Waals surface area contributed by atoms with Crippen molar-refractivity contribution in [2.24, 2.45) is 0 Å². The molecule has 0 fully saturated rings. The third kappa shape index (κ3) is 2.65. The highest BCUT2D eigenvalue weighted by Crippen LogP contribution is 2.08. The minimum atomic E-state index is 0.879. The number of hydrogen-bond donors (Lipinski definition) is 0. The van der Waals surface area contributed by atoms with Crippen LogP contribution in [0.25, 0.3) is 5.65 Å². The summed E-state index contributed by atoms with van der Waals surface area (Å²) in [5, 5.41) is 4.51. The molecule has 0 saturated heterocycles. The van der Waals surface area contributed by atoms with Crippen molar-refractivity contribution in [3.8, 4) is 0 Å². The molecule has 0 amide bonds. The van der Waals surface area contributed by atoms with Crippen LogP contribution in [-0.2, 0) is 12.8 Å². The molecule has 2 heterocycles. The molecule has 1 aromatic carbocycles. The fourth-order valence-electron chi connectivity index (χ4n) is 2.15. The Morgan fingerprint density at radius 1 is 0.895 bits per heavy atom. The monoisotopic (exact) mass is 251 g/mol. The van der Waals surface area contributed by atoms with E-state index in [1.807, 2.05) is 16.8 Å². The quantitative estimate of drug-likeness (QED) is 0.716. The molecule has 3 aromatic rings. The van der Waals surface area contributed by atoms with Gasteiger partial charge in [-0.3, -0.25) is 0 Å². The molecule has 0 aliphatic rings. The van der Waals surface area contributed by atoms with Crippen molar-refractivity contribution in [1.82, 2.24) is 14.6 Å². The van der Waals surface area contributed by atoms with Gasteiger partial charge in [0.1, 0.15) is 0 Å². The Kier molecular flexibility index (Phi) is 3.03. The van der Waals surface area contributed by atoms with Gasteiger partial charge in [-0.2, -0.15) is 5.10 Å². The maximum absolute atomic E-state index is 4.54. The van der Waals surface area contributed by atoms with Crippen LogP contribution in [0.15, 0.2) is 42.6 Å². The molecule has 0 saturated carbocycles. The fraction of sp³-hybridized carbons (Fsp3) is 0.250. The molecule has 3 rings (SSSR count). The van der Waals surface area contributed by atoms with E-state index >= 15 is 0 Å². The van der Waals surface area contributed by atoms with Gasteiger partial charge in [-0.05, 0) is 37.5 Å². The van der Waals surface area contributed by atoms with Crippen LogP contribution in [0.1, 0.15) is 22.5 Å². The van der Waals surface area contributed by atoms with Gasteiger partial charge in [0, 0.05) is 12.6 Å². The number of aryl methyl sites for hydroxylation is 4. The number of pyridine rings is 1. The van der Waals surface area contributed by atoms with Crippen molar-refractivity contribution in [2.45, 2.75) is 26.7 Å². The van der Waals surface area contributed by atoms with Crippen molar-refractivity contribution in [1.29, 1.82) is 0 Å². The Morgan fingerprint density at radius 3 is 2.42 bits per heavy atom. The van der Waals surface area contributed by atoms with Crippen LogP contribution in [-0.4, -0.2) is 14.6 Å². The van der Waals surface area contributed by atoms with E-state index in [1.54, 1.807) is 0 Å². The zero-order valence-corrected chi connectivity index (χ0v) is 11.3. The summed E-state index contributed by atoms with van der Waals surface area (Å²) in [5.41, 5.74) is 4.75. The summed E-state index contributed by atoms with van der Waals surface area (Å²) >= 11 is 0. The number of aromatic nitrogens is 3. The first-order valence-corrected chi connectivity index (χ1v) is 6.58. The molecular weight excluding hydrogens is 234 g/mol. The van der Waals surface area contributed by atoms with Gasteiger partial charge in [0.15, 0.2) is 11.5 Å². The van der Waals surface area contributed by atoms with Crippen LogP contribution in [0, 0.1) is 13.8 Å². The molecule has 0 radical (unpaired) electrons. The van der Waals surface area contributed by atoms with E-state index in [4.69, 9.17) is 0 Å². The highest BCUT2D eigenvalue weighted by molar-refractivity contribution is 5.38. The third-order valence-electron chi connectivity index (χ3n) is 3.28. The fourth-order valence-corrected chi connectivity index (χ4v) is 2.15. The summed E-state index contributed by atoms with van der Waals surface area (Å²) in [6.07, 6.45) is 3.87. The average Bonchev–Trinajstić information content (AvgIpc) is 2.80. The molecule has 0 N–H and O–H groups in total. The third-order valence-corrected chi connectivity index (χ3v) is 3.28. The van der Waals surface area contributed by atoms with E-state index in [9.17, 15) is 0 Å². The summed E-state index contributed by atoms with van der Waals surface area (Å²) in [7, 11) is 0. The van der Waals surface area contributed by atoms with Gasteiger partial charge in [0.05, 0.1) is 0 Å². The van der Waals surface area contributed by atoms with Crippen molar-refractivity contribution >= 4 is 5.65 Å². The van der Waals surface area contributed by atoms with Gasteiger partial charge in [-0.25, -0.2) is 9.50 Å². The molecule has 2 aromatic heterocycles. The van der Waals surface area contributed by atoms with E-state index in [1.165, 1.54) is 16.7 Å². The van der Waals surface area contributed by atoms with E-state index < -0.39 is 0 Å². The summed E-state index contributed by atoms with van der Waals surface area (Å²) in [5.74, 6) is 0.908. The van der Waals surface area contributed by atoms with Crippen molar-refractivity contribution in [2.75, 3.05) is 0 Å². The lowest BCUT2D eigenvalue weighted by molar-refractivity contribution is 0.834. The smallest absolute Gasteiger partial charge is 0.155 e. The summed E-state index contributed by atoms with van der Waals surface area (Å²) in [4.78, 5) is 4.54. The first kappa shape index (κ1) is 11.9. The summed E-state index contributed by atoms with van der Waals surface area (Å²) in [6.45, 7) is 4.17. The van der Waals surface area contributed by atoms with E-state index in [2.05, 4.69) is 54.3 Å². The molecule has 19 heavy (non-hydrogen) atoms. The van der Waals surface area contributed by atoms with Crippen LogP contribution in [0.2, 0.25) is 0 Å². The van der Waals surface area contributed by atoms with Crippen molar-refractivity contribution in [3.05, 3.63) is 65.1 Å². The van der Waals surface area contributed by atoms with Gasteiger partial charge < -0.3 is 0 Å². The number of fused-ring (bicyclic) bond motifs is 1.